The minimum atomic E-state index is -0.160. The molecule has 0 fully saturated rings. The number of carbonyl (C=O) groups is 1. The van der Waals surface area contributed by atoms with Crippen molar-refractivity contribution in [3.05, 3.63) is 77.2 Å². The number of hydrogen-bond donors (Lipinski definition) is 1. The molecule has 7 nitrogen and oxygen atoms in total. The highest BCUT2D eigenvalue weighted by molar-refractivity contribution is 7.99. The zero-order valence-corrected chi connectivity index (χ0v) is 19.1. The normalized spacial score (nSPS) is 10.8. The Balaban J connectivity index is 1.57. The monoisotopic (exact) mass is 468 g/mol. The maximum Gasteiger partial charge on any atom is 0.234 e. The molecule has 0 saturated heterocycles. The highest BCUT2D eigenvalue weighted by Crippen LogP contribution is 2.31. The summed E-state index contributed by atoms with van der Waals surface area (Å²) >= 11 is 7.35. The second kappa shape index (κ2) is 9.93. The Morgan fingerprint density at radius 1 is 1.19 bits per heavy atom. The molecule has 4 rings (SSSR count). The number of aryl methyl sites for hydroxylation is 1. The SMILES string of the molecule is COc1ccccc1-c1nnc(SCC(=O)Nc2cc(Cl)ccc2C)n1Cc1ccco1. The van der Waals surface area contributed by atoms with E-state index in [1.165, 1.54) is 11.8 Å². The van der Waals surface area contributed by atoms with Crippen molar-refractivity contribution in [1.29, 1.82) is 0 Å². The first-order valence-corrected chi connectivity index (χ1v) is 11.2. The number of para-hydroxylation sites is 1. The highest BCUT2D eigenvalue weighted by atomic mass is 35.5. The number of benzene rings is 2. The van der Waals surface area contributed by atoms with Gasteiger partial charge in [0.1, 0.15) is 11.5 Å². The van der Waals surface area contributed by atoms with Crippen molar-refractivity contribution in [2.75, 3.05) is 18.2 Å². The van der Waals surface area contributed by atoms with E-state index in [2.05, 4.69) is 15.5 Å². The van der Waals surface area contributed by atoms with Gasteiger partial charge in [-0.15, -0.1) is 10.2 Å². The smallest absolute Gasteiger partial charge is 0.234 e. The van der Waals surface area contributed by atoms with Gasteiger partial charge in [-0.2, -0.15) is 0 Å². The molecule has 0 radical (unpaired) electrons. The van der Waals surface area contributed by atoms with Gasteiger partial charge in [0.25, 0.3) is 0 Å². The minimum Gasteiger partial charge on any atom is -0.496 e. The summed E-state index contributed by atoms with van der Waals surface area (Å²) in [5, 5.41) is 12.8. The molecule has 0 spiro atoms. The lowest BCUT2D eigenvalue weighted by atomic mass is 10.2. The van der Waals surface area contributed by atoms with Crippen molar-refractivity contribution in [1.82, 2.24) is 14.8 Å². The molecule has 2 aromatic heterocycles. The molecule has 0 aliphatic rings. The van der Waals surface area contributed by atoms with Crippen LogP contribution in [0.25, 0.3) is 11.4 Å². The second-order valence-corrected chi connectivity index (χ2v) is 8.35. The van der Waals surface area contributed by atoms with E-state index >= 15 is 0 Å². The topological polar surface area (TPSA) is 82.2 Å². The molecular formula is C23H21ClN4O3S. The van der Waals surface area contributed by atoms with Crippen molar-refractivity contribution in [3.8, 4) is 17.1 Å². The fourth-order valence-corrected chi connectivity index (χ4v) is 4.08. The standard InChI is InChI=1S/C23H21ClN4O3S/c1-15-9-10-16(24)12-19(15)25-21(29)14-32-23-27-26-22(18-7-3-4-8-20(18)30-2)28(23)13-17-6-5-11-31-17/h3-12H,13-14H2,1-2H3,(H,25,29). The summed E-state index contributed by atoms with van der Waals surface area (Å²) in [6.07, 6.45) is 1.62. The van der Waals surface area contributed by atoms with Crippen molar-refractivity contribution >= 4 is 35.0 Å². The average molecular weight is 469 g/mol. The lowest BCUT2D eigenvalue weighted by Gasteiger charge is -2.12. The lowest BCUT2D eigenvalue weighted by Crippen LogP contribution is -2.15. The van der Waals surface area contributed by atoms with Gasteiger partial charge in [-0.05, 0) is 48.9 Å². The Bertz CT molecular complexity index is 1220. The van der Waals surface area contributed by atoms with Gasteiger partial charge < -0.3 is 14.5 Å². The summed E-state index contributed by atoms with van der Waals surface area (Å²) in [4.78, 5) is 12.6. The van der Waals surface area contributed by atoms with E-state index in [-0.39, 0.29) is 11.7 Å². The number of nitrogens with zero attached hydrogens (tertiary/aromatic N) is 3. The summed E-state index contributed by atoms with van der Waals surface area (Å²) in [6, 6.07) is 16.7. The van der Waals surface area contributed by atoms with Crippen LogP contribution < -0.4 is 10.1 Å². The predicted molar refractivity (Wildman–Crippen MR) is 125 cm³/mol. The number of furan rings is 1. The first kappa shape index (κ1) is 22.0. The summed E-state index contributed by atoms with van der Waals surface area (Å²) in [5.41, 5.74) is 2.43. The molecule has 0 bridgehead atoms. The van der Waals surface area contributed by atoms with Crippen LogP contribution in [0.4, 0.5) is 5.69 Å². The van der Waals surface area contributed by atoms with E-state index in [0.29, 0.717) is 34.0 Å². The number of ether oxygens (including phenoxy) is 1. The molecule has 2 aromatic carbocycles. The predicted octanol–water partition coefficient (Wildman–Crippen LogP) is 5.29. The van der Waals surface area contributed by atoms with E-state index in [1.54, 1.807) is 25.5 Å². The largest absolute Gasteiger partial charge is 0.496 e. The van der Waals surface area contributed by atoms with E-state index in [0.717, 1.165) is 16.9 Å². The number of methoxy groups -OCH3 is 1. The summed E-state index contributed by atoms with van der Waals surface area (Å²) in [5.74, 6) is 2.07. The van der Waals surface area contributed by atoms with Gasteiger partial charge in [-0.3, -0.25) is 9.36 Å². The molecule has 1 N–H and O–H groups in total. The third-order valence-electron chi connectivity index (χ3n) is 4.76. The van der Waals surface area contributed by atoms with Gasteiger partial charge in [-0.25, -0.2) is 0 Å². The Morgan fingerprint density at radius 3 is 2.81 bits per heavy atom. The number of halogens is 1. The number of rotatable bonds is 8. The fraction of sp³-hybridized carbons (Fsp3) is 0.174. The number of carbonyl (C=O) groups excluding carboxylic acids is 1. The number of thioether (sulfide) groups is 1. The van der Waals surface area contributed by atoms with Crippen molar-refractivity contribution < 1.29 is 13.9 Å². The van der Waals surface area contributed by atoms with Gasteiger partial charge in [0.15, 0.2) is 11.0 Å². The zero-order valence-electron chi connectivity index (χ0n) is 17.5. The molecule has 0 saturated carbocycles. The van der Waals surface area contributed by atoms with Crippen LogP contribution in [-0.4, -0.2) is 33.5 Å². The van der Waals surface area contributed by atoms with Crippen LogP contribution in [0, 0.1) is 6.92 Å². The molecule has 2 heterocycles. The molecule has 164 valence electrons. The molecule has 32 heavy (non-hydrogen) atoms. The number of amides is 1. The number of hydrogen-bond acceptors (Lipinski definition) is 6. The molecule has 1 amide bonds. The van der Waals surface area contributed by atoms with E-state index in [9.17, 15) is 4.79 Å². The molecule has 0 unspecified atom stereocenters. The third kappa shape index (κ3) is 4.98. The number of anilines is 1. The number of nitrogens with one attached hydrogen (secondary N) is 1. The molecule has 9 heteroatoms. The van der Waals surface area contributed by atoms with E-state index < -0.39 is 0 Å². The van der Waals surface area contributed by atoms with Gasteiger partial charge in [0.05, 0.1) is 31.2 Å². The third-order valence-corrected chi connectivity index (χ3v) is 5.97. The van der Waals surface area contributed by atoms with Crippen LogP contribution >= 0.6 is 23.4 Å². The molecular weight excluding hydrogens is 448 g/mol. The molecule has 4 aromatic rings. The van der Waals surface area contributed by atoms with Crippen molar-refractivity contribution in [2.45, 2.75) is 18.6 Å². The van der Waals surface area contributed by atoms with Crippen LogP contribution in [0.15, 0.2) is 70.4 Å². The second-order valence-electron chi connectivity index (χ2n) is 6.97. The van der Waals surface area contributed by atoms with Gasteiger partial charge >= 0.3 is 0 Å². The maximum atomic E-state index is 12.6. The summed E-state index contributed by atoms with van der Waals surface area (Å²) in [7, 11) is 1.61. The Morgan fingerprint density at radius 2 is 2.03 bits per heavy atom. The van der Waals surface area contributed by atoms with Crippen molar-refractivity contribution in [3.63, 3.8) is 0 Å². The molecule has 0 aliphatic heterocycles. The lowest BCUT2D eigenvalue weighted by molar-refractivity contribution is -0.113. The Labute approximate surface area is 194 Å². The van der Waals surface area contributed by atoms with E-state index in [1.807, 2.05) is 54.0 Å². The quantitative estimate of drug-likeness (QED) is 0.354. The fourth-order valence-electron chi connectivity index (χ4n) is 3.17. The number of aromatic nitrogens is 3. The first-order valence-electron chi connectivity index (χ1n) is 9.83. The van der Waals surface area contributed by atoms with Crippen LogP contribution in [0.3, 0.4) is 0 Å². The Kier molecular flexibility index (Phi) is 6.82. The van der Waals surface area contributed by atoms with E-state index in [4.69, 9.17) is 20.8 Å². The summed E-state index contributed by atoms with van der Waals surface area (Å²) in [6.45, 7) is 2.34. The van der Waals surface area contributed by atoms with Crippen LogP contribution in [0.1, 0.15) is 11.3 Å². The molecule has 0 atom stereocenters. The first-order chi connectivity index (χ1) is 15.5. The highest BCUT2D eigenvalue weighted by Gasteiger charge is 2.19. The minimum absolute atomic E-state index is 0.160. The maximum absolute atomic E-state index is 12.6. The van der Waals surface area contributed by atoms with Gasteiger partial charge in [-0.1, -0.05) is 41.6 Å². The van der Waals surface area contributed by atoms with Crippen molar-refractivity contribution in [2.24, 2.45) is 0 Å². The van der Waals surface area contributed by atoms with Gasteiger partial charge in [0.2, 0.25) is 5.91 Å². The Hall–Kier alpha value is -3.23. The van der Waals surface area contributed by atoms with Crippen LogP contribution in [-0.2, 0) is 11.3 Å². The van der Waals surface area contributed by atoms with Crippen LogP contribution in [0.2, 0.25) is 5.02 Å². The average Bonchev–Trinajstić information content (AvgIpc) is 3.45. The van der Waals surface area contributed by atoms with Gasteiger partial charge in [0, 0.05) is 10.7 Å². The summed E-state index contributed by atoms with van der Waals surface area (Å²) < 4.78 is 12.9. The molecule has 0 aliphatic carbocycles. The zero-order chi connectivity index (χ0) is 22.5. The van der Waals surface area contributed by atoms with Crippen LogP contribution in [0.5, 0.6) is 5.75 Å².